The highest BCUT2D eigenvalue weighted by molar-refractivity contribution is 5.85. The van der Waals surface area contributed by atoms with Crippen LogP contribution in [0.25, 0.3) is 0 Å². The van der Waals surface area contributed by atoms with Crippen LogP contribution in [0.1, 0.15) is 44.9 Å². The maximum absolute atomic E-state index is 12.7. The normalized spacial score (nSPS) is 30.2. The summed E-state index contributed by atoms with van der Waals surface area (Å²) in [6.45, 7) is 7.04. The van der Waals surface area contributed by atoms with E-state index in [2.05, 4.69) is 15.5 Å². The summed E-state index contributed by atoms with van der Waals surface area (Å²) in [6.07, 6.45) is 8.19. The number of nitrogens with one attached hydrogen (secondary N) is 2. The predicted octanol–water partition coefficient (Wildman–Crippen LogP) is 1.98. The average molecular weight is 394 g/mol. The molecule has 146 valence electrons. The van der Waals surface area contributed by atoms with Crippen molar-refractivity contribution < 1.29 is 9.53 Å². The summed E-state index contributed by atoms with van der Waals surface area (Å²) in [5.41, 5.74) is 0.492. The number of likely N-dealkylation sites (tertiary alicyclic amines) is 1. The standard InChI is InChI=1S/C18H31N3O2.2ClH/c22-16(15-13-17(15)3-7-19-8-4-17)20-14-18(5-11-23-12-6-18)21-9-1-2-10-21;;/h15,19H,1-14H2,(H,20,22);2*1H. The van der Waals surface area contributed by atoms with Crippen molar-refractivity contribution in [2.45, 2.75) is 50.5 Å². The van der Waals surface area contributed by atoms with Crippen LogP contribution in [-0.4, -0.2) is 62.3 Å². The average Bonchev–Trinajstić information content (AvgIpc) is 3.02. The first-order valence-corrected chi connectivity index (χ1v) is 9.56. The van der Waals surface area contributed by atoms with E-state index in [-0.39, 0.29) is 36.3 Å². The van der Waals surface area contributed by atoms with Crippen molar-refractivity contribution in [3.8, 4) is 0 Å². The lowest BCUT2D eigenvalue weighted by atomic mass is 9.87. The number of amides is 1. The van der Waals surface area contributed by atoms with Crippen molar-refractivity contribution in [1.29, 1.82) is 0 Å². The molecule has 25 heavy (non-hydrogen) atoms. The van der Waals surface area contributed by atoms with Crippen LogP contribution in [0.2, 0.25) is 0 Å². The third-order valence-corrected chi connectivity index (χ3v) is 6.90. The zero-order valence-corrected chi connectivity index (χ0v) is 16.7. The van der Waals surface area contributed by atoms with Crippen molar-refractivity contribution in [3.63, 3.8) is 0 Å². The van der Waals surface area contributed by atoms with Gasteiger partial charge >= 0.3 is 0 Å². The van der Waals surface area contributed by atoms with E-state index in [9.17, 15) is 4.79 Å². The van der Waals surface area contributed by atoms with E-state index in [1.807, 2.05) is 0 Å². The van der Waals surface area contributed by atoms with Crippen molar-refractivity contribution in [3.05, 3.63) is 0 Å². The van der Waals surface area contributed by atoms with E-state index < -0.39 is 0 Å². The minimum Gasteiger partial charge on any atom is -0.381 e. The Morgan fingerprint density at radius 2 is 1.72 bits per heavy atom. The van der Waals surface area contributed by atoms with Gasteiger partial charge in [0.1, 0.15) is 0 Å². The number of piperidine rings is 1. The fraction of sp³-hybridized carbons (Fsp3) is 0.944. The molecule has 3 saturated heterocycles. The quantitative estimate of drug-likeness (QED) is 0.766. The van der Waals surface area contributed by atoms with Gasteiger partial charge in [-0.25, -0.2) is 0 Å². The topological polar surface area (TPSA) is 53.6 Å². The molecule has 1 saturated carbocycles. The van der Waals surface area contributed by atoms with Gasteiger partial charge in [0, 0.05) is 31.2 Å². The van der Waals surface area contributed by atoms with Crippen LogP contribution >= 0.6 is 24.8 Å². The Hall–Kier alpha value is -0.0700. The number of hydrogen-bond donors (Lipinski definition) is 2. The second kappa shape index (κ2) is 8.75. The molecule has 2 N–H and O–H groups in total. The van der Waals surface area contributed by atoms with Gasteiger partial charge in [-0.1, -0.05) is 0 Å². The van der Waals surface area contributed by atoms with E-state index >= 15 is 0 Å². The molecule has 1 spiro atoms. The summed E-state index contributed by atoms with van der Waals surface area (Å²) in [5.74, 6) is 0.594. The molecule has 3 aliphatic heterocycles. The Labute approximate surface area is 163 Å². The molecule has 0 aromatic rings. The van der Waals surface area contributed by atoms with E-state index in [0.29, 0.717) is 11.3 Å². The minimum absolute atomic E-state index is 0. The second-order valence-corrected chi connectivity index (χ2v) is 8.12. The van der Waals surface area contributed by atoms with Crippen LogP contribution < -0.4 is 10.6 Å². The maximum atomic E-state index is 12.7. The summed E-state index contributed by atoms with van der Waals surface area (Å²) < 4.78 is 5.59. The Kier molecular flexibility index (Phi) is 7.43. The van der Waals surface area contributed by atoms with Crippen molar-refractivity contribution >= 4 is 30.7 Å². The van der Waals surface area contributed by atoms with E-state index in [0.717, 1.165) is 52.1 Å². The molecule has 1 atom stereocenters. The monoisotopic (exact) mass is 393 g/mol. The predicted molar refractivity (Wildman–Crippen MR) is 104 cm³/mol. The summed E-state index contributed by atoms with van der Waals surface area (Å²) >= 11 is 0. The zero-order chi connectivity index (χ0) is 15.8. The first kappa shape index (κ1) is 21.2. The molecule has 4 fully saturated rings. The molecule has 0 bridgehead atoms. The molecule has 7 heteroatoms. The number of halogens is 2. The molecule has 3 heterocycles. The van der Waals surface area contributed by atoms with Crippen LogP contribution in [0.5, 0.6) is 0 Å². The Bertz CT molecular complexity index is 446. The summed E-state index contributed by atoms with van der Waals surface area (Å²) in [5, 5.41) is 6.76. The number of rotatable bonds is 4. The van der Waals surface area contributed by atoms with Crippen LogP contribution in [-0.2, 0) is 9.53 Å². The maximum Gasteiger partial charge on any atom is 0.223 e. The molecule has 1 unspecified atom stereocenters. The van der Waals surface area contributed by atoms with Gasteiger partial charge in [0.05, 0.1) is 0 Å². The highest BCUT2D eigenvalue weighted by Crippen LogP contribution is 2.58. The van der Waals surface area contributed by atoms with Crippen LogP contribution in [0.15, 0.2) is 0 Å². The molecule has 0 radical (unpaired) electrons. The molecule has 0 aromatic heterocycles. The number of ether oxygens (including phenoxy) is 1. The third kappa shape index (κ3) is 4.27. The second-order valence-electron chi connectivity index (χ2n) is 8.12. The highest BCUT2D eigenvalue weighted by Gasteiger charge is 2.57. The summed E-state index contributed by atoms with van der Waals surface area (Å²) in [4.78, 5) is 15.3. The molecular formula is C18H33Cl2N3O2. The number of hydrogen-bond acceptors (Lipinski definition) is 4. The minimum atomic E-state index is 0. The van der Waals surface area contributed by atoms with Crippen molar-refractivity contribution in [2.24, 2.45) is 11.3 Å². The molecule has 1 amide bonds. The lowest BCUT2D eigenvalue weighted by molar-refractivity contribution is -0.124. The first-order valence-electron chi connectivity index (χ1n) is 9.56. The Balaban J connectivity index is 0.00000113. The fourth-order valence-corrected chi connectivity index (χ4v) is 5.12. The Morgan fingerprint density at radius 1 is 1.08 bits per heavy atom. The number of carbonyl (C=O) groups excluding carboxylic acids is 1. The zero-order valence-electron chi connectivity index (χ0n) is 15.1. The van der Waals surface area contributed by atoms with Gasteiger partial charge in [-0.15, -0.1) is 24.8 Å². The Morgan fingerprint density at radius 3 is 2.36 bits per heavy atom. The van der Waals surface area contributed by atoms with Crippen LogP contribution in [0.3, 0.4) is 0 Å². The highest BCUT2D eigenvalue weighted by atomic mass is 35.5. The van der Waals surface area contributed by atoms with Gasteiger partial charge in [-0.2, -0.15) is 0 Å². The number of carbonyl (C=O) groups is 1. The van der Waals surface area contributed by atoms with Gasteiger partial charge in [0.25, 0.3) is 0 Å². The number of nitrogens with zero attached hydrogens (tertiary/aromatic N) is 1. The molecule has 5 nitrogen and oxygen atoms in total. The smallest absolute Gasteiger partial charge is 0.223 e. The molecular weight excluding hydrogens is 361 g/mol. The van der Waals surface area contributed by atoms with Gasteiger partial charge in [0.15, 0.2) is 0 Å². The van der Waals surface area contributed by atoms with Crippen molar-refractivity contribution in [1.82, 2.24) is 15.5 Å². The lowest BCUT2D eigenvalue weighted by Crippen LogP contribution is -2.57. The first-order chi connectivity index (χ1) is 11.2. The molecule has 1 aliphatic carbocycles. The van der Waals surface area contributed by atoms with E-state index in [1.165, 1.54) is 38.8 Å². The van der Waals surface area contributed by atoms with E-state index in [1.54, 1.807) is 0 Å². The van der Waals surface area contributed by atoms with Crippen molar-refractivity contribution in [2.75, 3.05) is 45.9 Å². The SMILES string of the molecule is Cl.Cl.O=C(NCC1(N2CCCC2)CCOCC1)C1CC12CCNCC2. The van der Waals surface area contributed by atoms with Crippen LogP contribution in [0.4, 0.5) is 0 Å². The fourth-order valence-electron chi connectivity index (χ4n) is 5.12. The van der Waals surface area contributed by atoms with Gasteiger partial charge in [-0.3, -0.25) is 9.69 Å². The van der Waals surface area contributed by atoms with Gasteiger partial charge in [0.2, 0.25) is 5.91 Å². The van der Waals surface area contributed by atoms with E-state index in [4.69, 9.17) is 4.74 Å². The molecule has 4 rings (SSSR count). The van der Waals surface area contributed by atoms with Gasteiger partial charge < -0.3 is 15.4 Å². The lowest BCUT2D eigenvalue weighted by Gasteiger charge is -2.44. The summed E-state index contributed by atoms with van der Waals surface area (Å²) in [6, 6.07) is 0. The van der Waals surface area contributed by atoms with Gasteiger partial charge in [-0.05, 0) is 76.5 Å². The third-order valence-electron chi connectivity index (χ3n) is 6.90. The summed E-state index contributed by atoms with van der Waals surface area (Å²) in [7, 11) is 0. The molecule has 4 aliphatic rings. The molecule has 0 aromatic carbocycles. The van der Waals surface area contributed by atoms with Crippen LogP contribution in [0, 0.1) is 11.3 Å². The largest absolute Gasteiger partial charge is 0.381 e.